The van der Waals surface area contributed by atoms with Gasteiger partial charge in [-0.3, -0.25) is 0 Å². The van der Waals surface area contributed by atoms with Crippen molar-refractivity contribution in [3.05, 3.63) is 54.0 Å². The zero-order chi connectivity index (χ0) is 15.9. The van der Waals surface area contributed by atoms with Gasteiger partial charge in [-0.1, -0.05) is 25.1 Å². The van der Waals surface area contributed by atoms with Gasteiger partial charge in [0.25, 0.3) is 0 Å². The fourth-order valence-corrected chi connectivity index (χ4v) is 2.41. The van der Waals surface area contributed by atoms with E-state index in [0.29, 0.717) is 6.54 Å². The molecule has 0 bridgehead atoms. The number of benzene rings is 1. The van der Waals surface area contributed by atoms with Crippen molar-refractivity contribution in [2.45, 2.75) is 25.9 Å². The first-order valence-corrected chi connectivity index (χ1v) is 7.28. The molecule has 0 aliphatic heterocycles. The topological polar surface area (TPSA) is 62.9 Å². The number of furan rings is 1. The predicted molar refractivity (Wildman–Crippen MR) is 83.8 cm³/mol. The van der Waals surface area contributed by atoms with E-state index in [9.17, 15) is 9.90 Å². The van der Waals surface area contributed by atoms with E-state index >= 15 is 0 Å². The van der Waals surface area contributed by atoms with E-state index in [1.807, 2.05) is 37.3 Å². The molecule has 0 saturated heterocycles. The van der Waals surface area contributed by atoms with E-state index in [0.717, 1.165) is 17.7 Å². The van der Waals surface area contributed by atoms with Crippen LogP contribution >= 0.6 is 0 Å². The smallest absolute Gasteiger partial charge is 0.374 e. The van der Waals surface area contributed by atoms with E-state index in [1.165, 1.54) is 13.4 Å². The van der Waals surface area contributed by atoms with Crippen LogP contribution in [0.15, 0.2) is 47.1 Å². The van der Waals surface area contributed by atoms with Crippen molar-refractivity contribution in [3.8, 4) is 0 Å². The lowest BCUT2D eigenvalue weighted by Crippen LogP contribution is -2.37. The number of ether oxygens (including phenoxy) is 1. The molecule has 1 aromatic heterocycles. The Balaban J connectivity index is 2.31. The van der Waals surface area contributed by atoms with E-state index in [1.54, 1.807) is 6.07 Å². The second-order valence-electron chi connectivity index (χ2n) is 4.97. The Morgan fingerprint density at radius 2 is 2.05 bits per heavy atom. The number of hydrogen-bond donors (Lipinski definition) is 1. The number of anilines is 1. The van der Waals surface area contributed by atoms with Gasteiger partial charge in [0.05, 0.1) is 26.0 Å². The van der Waals surface area contributed by atoms with Crippen LogP contribution in [0.4, 0.5) is 5.69 Å². The molecule has 0 fully saturated rings. The molecule has 1 N–H and O–H groups in total. The second-order valence-corrected chi connectivity index (χ2v) is 4.97. The zero-order valence-corrected chi connectivity index (χ0v) is 12.9. The van der Waals surface area contributed by atoms with Crippen molar-refractivity contribution in [1.82, 2.24) is 0 Å². The lowest BCUT2D eigenvalue weighted by Gasteiger charge is -2.32. The highest BCUT2D eigenvalue weighted by Crippen LogP contribution is 2.23. The number of aliphatic hydroxyl groups is 1. The normalized spacial score (nSPS) is 12.0. The molecule has 2 rings (SSSR count). The molecule has 1 atom stereocenters. The minimum absolute atomic E-state index is 0.0385. The minimum Gasteiger partial charge on any atom is -0.463 e. The number of carbonyl (C=O) groups excluding carboxylic acids is 1. The summed E-state index contributed by atoms with van der Waals surface area (Å²) in [5, 5.41) is 9.65. The average Bonchev–Trinajstić information content (AvgIpc) is 3.03. The maximum atomic E-state index is 11.7. The number of carbonyl (C=O) groups is 1. The molecule has 0 aliphatic carbocycles. The lowest BCUT2D eigenvalue weighted by molar-refractivity contribution is 0.0563. The van der Waals surface area contributed by atoms with Crippen LogP contribution in [0.5, 0.6) is 0 Å². The fourth-order valence-electron chi connectivity index (χ4n) is 2.41. The van der Waals surface area contributed by atoms with Gasteiger partial charge in [0.2, 0.25) is 5.76 Å². The minimum atomic E-state index is -0.495. The summed E-state index contributed by atoms with van der Waals surface area (Å²) in [6.45, 7) is 2.52. The van der Waals surface area contributed by atoms with Crippen molar-refractivity contribution in [2.75, 3.05) is 18.6 Å². The molecule has 0 saturated carbocycles. The number of methoxy groups -OCH3 is 1. The number of aliphatic hydroxyl groups excluding tert-OH is 1. The van der Waals surface area contributed by atoms with Crippen molar-refractivity contribution >= 4 is 11.7 Å². The van der Waals surface area contributed by atoms with E-state index < -0.39 is 5.97 Å². The summed E-state index contributed by atoms with van der Waals surface area (Å²) in [5.74, 6) is -0.290. The van der Waals surface area contributed by atoms with Crippen molar-refractivity contribution in [1.29, 1.82) is 0 Å². The molecule has 0 aliphatic rings. The lowest BCUT2D eigenvalue weighted by atomic mass is 10.1. The highest BCUT2D eigenvalue weighted by Gasteiger charge is 2.22. The quantitative estimate of drug-likeness (QED) is 0.797. The first-order chi connectivity index (χ1) is 10.7. The summed E-state index contributed by atoms with van der Waals surface area (Å²) < 4.78 is 9.97. The van der Waals surface area contributed by atoms with Gasteiger partial charge < -0.3 is 19.2 Å². The largest absolute Gasteiger partial charge is 0.463 e. The summed E-state index contributed by atoms with van der Waals surface area (Å²) in [7, 11) is 1.33. The van der Waals surface area contributed by atoms with Crippen LogP contribution in [-0.4, -0.2) is 30.8 Å². The van der Waals surface area contributed by atoms with Crippen LogP contribution in [0.2, 0.25) is 0 Å². The molecule has 1 unspecified atom stereocenters. The molecule has 5 heteroatoms. The molecule has 1 heterocycles. The van der Waals surface area contributed by atoms with Gasteiger partial charge in [-0.25, -0.2) is 4.79 Å². The van der Waals surface area contributed by atoms with E-state index in [4.69, 9.17) is 9.15 Å². The number of hydrogen-bond acceptors (Lipinski definition) is 5. The van der Waals surface area contributed by atoms with E-state index in [2.05, 4.69) is 4.90 Å². The Morgan fingerprint density at radius 1 is 1.32 bits per heavy atom. The monoisotopic (exact) mass is 303 g/mol. The van der Waals surface area contributed by atoms with Crippen LogP contribution in [0, 0.1) is 0 Å². The molecular weight excluding hydrogens is 282 g/mol. The fraction of sp³-hybridized carbons (Fsp3) is 0.353. The summed E-state index contributed by atoms with van der Waals surface area (Å²) in [5.41, 5.74) is 1.73. The Hall–Kier alpha value is -2.27. The van der Waals surface area contributed by atoms with Gasteiger partial charge in [-0.05, 0) is 24.6 Å². The van der Waals surface area contributed by atoms with Gasteiger partial charge in [-0.2, -0.15) is 0 Å². The van der Waals surface area contributed by atoms with Gasteiger partial charge >= 0.3 is 5.97 Å². The van der Waals surface area contributed by atoms with Crippen LogP contribution in [0.3, 0.4) is 0 Å². The summed E-state index contributed by atoms with van der Waals surface area (Å²) in [4.78, 5) is 13.8. The number of nitrogens with zero attached hydrogens (tertiary/aromatic N) is 1. The molecule has 0 spiro atoms. The zero-order valence-electron chi connectivity index (χ0n) is 12.9. The standard InChI is InChI=1S/C17H21NO4/c1-3-14(12-19)18(15-7-5-4-6-8-15)11-13-9-10-22-16(13)17(20)21-2/h4-10,14,19H,3,11-12H2,1-2H3. The third-order valence-electron chi connectivity index (χ3n) is 3.67. The van der Waals surface area contributed by atoms with Gasteiger partial charge in [-0.15, -0.1) is 0 Å². The predicted octanol–water partition coefficient (Wildman–Crippen LogP) is 2.84. The van der Waals surface area contributed by atoms with Crippen molar-refractivity contribution in [2.24, 2.45) is 0 Å². The first-order valence-electron chi connectivity index (χ1n) is 7.28. The van der Waals surface area contributed by atoms with Crippen LogP contribution in [0.1, 0.15) is 29.5 Å². The molecule has 1 aromatic carbocycles. The first kappa shape index (κ1) is 16.1. The Morgan fingerprint density at radius 3 is 2.64 bits per heavy atom. The SMILES string of the molecule is CCC(CO)N(Cc1ccoc1C(=O)OC)c1ccccc1. The third kappa shape index (κ3) is 3.49. The molecule has 0 radical (unpaired) electrons. The Kier molecular flexibility index (Phi) is 5.61. The second kappa shape index (κ2) is 7.66. The highest BCUT2D eigenvalue weighted by atomic mass is 16.5. The molecular formula is C17H21NO4. The maximum Gasteiger partial charge on any atom is 0.374 e. The molecule has 5 nitrogen and oxygen atoms in total. The van der Waals surface area contributed by atoms with Crippen LogP contribution < -0.4 is 4.90 Å². The molecule has 118 valence electrons. The van der Waals surface area contributed by atoms with Crippen molar-refractivity contribution in [3.63, 3.8) is 0 Å². The molecule has 22 heavy (non-hydrogen) atoms. The maximum absolute atomic E-state index is 11.7. The third-order valence-corrected chi connectivity index (χ3v) is 3.67. The van der Waals surface area contributed by atoms with E-state index in [-0.39, 0.29) is 18.4 Å². The summed E-state index contributed by atoms with van der Waals surface area (Å²) in [6, 6.07) is 11.5. The van der Waals surface area contributed by atoms with Crippen molar-refractivity contribution < 1.29 is 19.1 Å². The average molecular weight is 303 g/mol. The molecule has 0 amide bonds. The number of esters is 1. The van der Waals surface area contributed by atoms with Crippen LogP contribution in [-0.2, 0) is 11.3 Å². The highest BCUT2D eigenvalue weighted by molar-refractivity contribution is 5.87. The van der Waals surface area contributed by atoms with Crippen LogP contribution in [0.25, 0.3) is 0 Å². The van der Waals surface area contributed by atoms with Gasteiger partial charge in [0.1, 0.15) is 0 Å². The van der Waals surface area contributed by atoms with Gasteiger partial charge in [0, 0.05) is 17.8 Å². The molecule has 2 aromatic rings. The van der Waals surface area contributed by atoms with Gasteiger partial charge in [0.15, 0.2) is 0 Å². The Labute approximate surface area is 130 Å². The number of rotatable bonds is 7. The summed E-state index contributed by atoms with van der Waals surface area (Å²) >= 11 is 0. The number of para-hydroxylation sites is 1. The Bertz CT molecular complexity index is 590. The summed E-state index contributed by atoms with van der Waals surface area (Å²) in [6.07, 6.45) is 2.27.